The number of carbonyl (C=O) groups is 2. The Bertz CT molecular complexity index is 769. The lowest BCUT2D eigenvalue weighted by molar-refractivity contribution is -0.152. The van der Waals surface area contributed by atoms with Crippen LogP contribution in [0.1, 0.15) is 155 Å². The summed E-state index contributed by atoms with van der Waals surface area (Å²) in [6, 6.07) is 0. The van der Waals surface area contributed by atoms with Crippen LogP contribution in [-0.2, 0) is 19.1 Å². The van der Waals surface area contributed by atoms with E-state index in [1.807, 2.05) is 0 Å². The first kappa shape index (κ1) is 41.8. The SMILES string of the molecule is CCCCCCCCCCCCCCC(=O)OC[C@H](O)COC(=O)CCC/C=C\C/C=C\C/C=C\C/C=C\CC(O)CCC. The second-order valence-corrected chi connectivity index (χ2v) is 11.8. The zero-order chi connectivity index (χ0) is 32.4. The van der Waals surface area contributed by atoms with Crippen molar-refractivity contribution in [2.75, 3.05) is 13.2 Å². The normalized spacial score (nSPS) is 13.5. The maximum absolute atomic E-state index is 11.9. The lowest BCUT2D eigenvalue weighted by Crippen LogP contribution is -2.25. The number of hydrogen-bond donors (Lipinski definition) is 2. The molecule has 0 aliphatic rings. The van der Waals surface area contributed by atoms with E-state index >= 15 is 0 Å². The summed E-state index contributed by atoms with van der Waals surface area (Å²) in [5.74, 6) is -0.650. The van der Waals surface area contributed by atoms with Crippen molar-refractivity contribution in [1.29, 1.82) is 0 Å². The molecule has 0 fully saturated rings. The highest BCUT2D eigenvalue weighted by atomic mass is 16.6. The van der Waals surface area contributed by atoms with Crippen LogP contribution in [0.15, 0.2) is 48.6 Å². The topological polar surface area (TPSA) is 93.1 Å². The highest BCUT2D eigenvalue weighted by Crippen LogP contribution is 2.13. The molecule has 0 rings (SSSR count). The van der Waals surface area contributed by atoms with E-state index in [2.05, 4.69) is 62.5 Å². The molecule has 0 aromatic carbocycles. The number of carbonyl (C=O) groups excluding carboxylic acids is 2. The van der Waals surface area contributed by atoms with E-state index in [0.29, 0.717) is 19.3 Å². The van der Waals surface area contributed by atoms with E-state index in [4.69, 9.17) is 9.47 Å². The predicted molar refractivity (Wildman–Crippen MR) is 183 cm³/mol. The Morgan fingerprint density at radius 1 is 0.523 bits per heavy atom. The van der Waals surface area contributed by atoms with Crippen LogP contribution in [-0.4, -0.2) is 47.6 Å². The van der Waals surface area contributed by atoms with Crippen LogP contribution >= 0.6 is 0 Å². The van der Waals surface area contributed by atoms with Crippen LogP contribution in [0.5, 0.6) is 0 Å². The number of esters is 2. The summed E-state index contributed by atoms with van der Waals surface area (Å²) in [6.07, 6.45) is 37.9. The van der Waals surface area contributed by atoms with E-state index in [1.54, 1.807) is 0 Å². The molecule has 0 saturated heterocycles. The van der Waals surface area contributed by atoms with Gasteiger partial charge in [-0.25, -0.2) is 0 Å². The Kier molecular flexibility index (Phi) is 32.0. The van der Waals surface area contributed by atoms with Crippen LogP contribution in [0.2, 0.25) is 0 Å². The fourth-order valence-corrected chi connectivity index (χ4v) is 4.68. The number of unbranched alkanes of at least 4 members (excludes halogenated alkanes) is 12. The number of hydrogen-bond acceptors (Lipinski definition) is 6. The predicted octanol–water partition coefficient (Wildman–Crippen LogP) is 9.64. The van der Waals surface area contributed by atoms with Crippen molar-refractivity contribution in [1.82, 2.24) is 0 Å². The maximum Gasteiger partial charge on any atom is 0.305 e. The average Bonchev–Trinajstić information content (AvgIpc) is 3.01. The minimum Gasteiger partial charge on any atom is -0.463 e. The van der Waals surface area contributed by atoms with Gasteiger partial charge in [0.25, 0.3) is 0 Å². The van der Waals surface area contributed by atoms with Crippen molar-refractivity contribution in [2.24, 2.45) is 0 Å². The summed E-state index contributed by atoms with van der Waals surface area (Å²) in [5.41, 5.74) is 0. The third-order valence-electron chi connectivity index (χ3n) is 7.37. The van der Waals surface area contributed by atoms with Gasteiger partial charge in [-0.05, 0) is 51.4 Å². The van der Waals surface area contributed by atoms with Gasteiger partial charge in [-0.3, -0.25) is 9.59 Å². The molecule has 0 aliphatic heterocycles. The Morgan fingerprint density at radius 3 is 1.45 bits per heavy atom. The molecule has 0 amide bonds. The third-order valence-corrected chi connectivity index (χ3v) is 7.37. The molecule has 2 N–H and O–H groups in total. The fourth-order valence-electron chi connectivity index (χ4n) is 4.68. The minimum atomic E-state index is -0.993. The lowest BCUT2D eigenvalue weighted by atomic mass is 10.0. The van der Waals surface area contributed by atoms with Gasteiger partial charge in [-0.2, -0.15) is 0 Å². The zero-order valence-corrected chi connectivity index (χ0v) is 28.3. The Morgan fingerprint density at radius 2 is 0.955 bits per heavy atom. The van der Waals surface area contributed by atoms with Crippen LogP contribution in [0.25, 0.3) is 0 Å². The van der Waals surface area contributed by atoms with Gasteiger partial charge < -0.3 is 19.7 Å². The van der Waals surface area contributed by atoms with Gasteiger partial charge in [-0.1, -0.05) is 140 Å². The first-order valence-corrected chi connectivity index (χ1v) is 17.8. The molecule has 6 heteroatoms. The summed E-state index contributed by atoms with van der Waals surface area (Å²) in [4.78, 5) is 23.8. The molecule has 0 aromatic heterocycles. The Labute approximate surface area is 270 Å². The van der Waals surface area contributed by atoms with Gasteiger partial charge in [0.2, 0.25) is 0 Å². The number of aliphatic hydroxyl groups is 2. The second-order valence-electron chi connectivity index (χ2n) is 11.8. The van der Waals surface area contributed by atoms with E-state index in [9.17, 15) is 19.8 Å². The molecule has 0 bridgehead atoms. The van der Waals surface area contributed by atoms with E-state index < -0.39 is 6.10 Å². The van der Waals surface area contributed by atoms with Crippen molar-refractivity contribution in [3.63, 3.8) is 0 Å². The van der Waals surface area contributed by atoms with Crippen molar-refractivity contribution < 1.29 is 29.3 Å². The number of ether oxygens (including phenoxy) is 2. The van der Waals surface area contributed by atoms with Gasteiger partial charge >= 0.3 is 11.9 Å². The molecule has 0 radical (unpaired) electrons. The number of rotatable bonds is 31. The van der Waals surface area contributed by atoms with Crippen molar-refractivity contribution in [2.45, 2.75) is 167 Å². The molecular formula is C38H66O6. The average molecular weight is 619 g/mol. The standard InChI is InChI=1S/C38H66O6/c1-3-5-6-7-8-9-10-15-18-21-24-27-31-37(41)43-33-36(40)34-44-38(42)32-28-25-22-19-16-13-11-12-14-17-20-23-26-30-35(39)29-4-2/h11,13-14,17,19,22-23,26,35-36,39-40H,3-10,12,15-16,18,20-21,24-25,27-34H2,1-2H3/b13-11-,17-14-,22-19-,26-23-/t35?,36-/m0/s1. The smallest absolute Gasteiger partial charge is 0.305 e. The highest BCUT2D eigenvalue weighted by molar-refractivity contribution is 5.69. The van der Waals surface area contributed by atoms with E-state index in [-0.39, 0.29) is 31.3 Å². The van der Waals surface area contributed by atoms with Crippen LogP contribution in [0.4, 0.5) is 0 Å². The molecule has 44 heavy (non-hydrogen) atoms. The molecule has 254 valence electrons. The number of aliphatic hydroxyl groups excluding tert-OH is 2. The molecule has 0 aliphatic carbocycles. The van der Waals surface area contributed by atoms with Gasteiger partial charge in [0, 0.05) is 12.8 Å². The van der Waals surface area contributed by atoms with Gasteiger partial charge in [0.1, 0.15) is 19.3 Å². The van der Waals surface area contributed by atoms with Crippen molar-refractivity contribution in [3.05, 3.63) is 48.6 Å². The van der Waals surface area contributed by atoms with Gasteiger partial charge in [-0.15, -0.1) is 0 Å². The van der Waals surface area contributed by atoms with Gasteiger partial charge in [0.05, 0.1) is 6.10 Å². The minimum absolute atomic E-state index is 0.141. The lowest BCUT2D eigenvalue weighted by Gasteiger charge is -2.12. The monoisotopic (exact) mass is 618 g/mol. The summed E-state index contributed by atoms with van der Waals surface area (Å²) in [7, 11) is 0. The van der Waals surface area contributed by atoms with Crippen molar-refractivity contribution in [3.8, 4) is 0 Å². The quantitative estimate of drug-likeness (QED) is 0.0456. The number of allylic oxidation sites excluding steroid dienone is 7. The third kappa shape index (κ3) is 32.7. The first-order valence-electron chi connectivity index (χ1n) is 17.8. The molecule has 0 saturated carbocycles. The largest absolute Gasteiger partial charge is 0.463 e. The summed E-state index contributed by atoms with van der Waals surface area (Å²) >= 11 is 0. The van der Waals surface area contributed by atoms with Crippen molar-refractivity contribution >= 4 is 11.9 Å². The van der Waals surface area contributed by atoms with Gasteiger partial charge in [0.15, 0.2) is 0 Å². The van der Waals surface area contributed by atoms with Crippen LogP contribution in [0, 0.1) is 0 Å². The Balaban J connectivity index is 3.59. The molecule has 2 atom stereocenters. The van der Waals surface area contributed by atoms with Crippen LogP contribution < -0.4 is 0 Å². The molecule has 1 unspecified atom stereocenters. The molecule has 0 spiro atoms. The maximum atomic E-state index is 11.9. The molecule has 0 heterocycles. The summed E-state index contributed by atoms with van der Waals surface area (Å²) in [5, 5.41) is 19.6. The van der Waals surface area contributed by atoms with Crippen LogP contribution in [0.3, 0.4) is 0 Å². The Hall–Kier alpha value is -2.18. The molecular weight excluding hydrogens is 552 g/mol. The summed E-state index contributed by atoms with van der Waals surface area (Å²) < 4.78 is 10.2. The molecule has 6 nitrogen and oxygen atoms in total. The van der Waals surface area contributed by atoms with E-state index in [1.165, 1.54) is 57.8 Å². The summed E-state index contributed by atoms with van der Waals surface area (Å²) in [6.45, 7) is 4.03. The first-order chi connectivity index (χ1) is 21.5. The molecule has 0 aromatic rings. The zero-order valence-electron chi connectivity index (χ0n) is 28.3. The fraction of sp³-hybridized carbons (Fsp3) is 0.737. The van der Waals surface area contributed by atoms with E-state index in [0.717, 1.165) is 64.2 Å². The highest BCUT2D eigenvalue weighted by Gasteiger charge is 2.12. The second kappa shape index (κ2) is 33.7.